The third-order valence-electron chi connectivity index (χ3n) is 3.64. The Kier molecular flexibility index (Phi) is 4.21. The van der Waals surface area contributed by atoms with E-state index in [4.69, 9.17) is 5.73 Å². The molecule has 6 nitrogen and oxygen atoms in total. The number of nitrogens with one attached hydrogen (secondary N) is 2. The maximum Gasteiger partial charge on any atom is 0.229 e. The molecule has 1 aliphatic carbocycles. The molecule has 1 aromatic carbocycles. The molecule has 3 rings (SSSR count). The zero-order valence-corrected chi connectivity index (χ0v) is 12.3. The summed E-state index contributed by atoms with van der Waals surface area (Å²) in [6.07, 6.45) is 4.32. The maximum atomic E-state index is 12.1. The number of carbonyl (C=O) groups is 1. The lowest BCUT2D eigenvalue weighted by Gasteiger charge is -2.15. The standard InChI is InChI=1S/C14H17N5OS/c15-12-3-1-2-11(12)13(20)18-9-4-6-10(7-5-9)21-14-16-8-17-19-14/h4-8,11-12H,1-3,15H2,(H,18,20)(H,16,17,19). The first-order valence-corrected chi connectivity index (χ1v) is 7.74. The molecule has 2 unspecified atom stereocenters. The summed E-state index contributed by atoms with van der Waals surface area (Å²) in [4.78, 5) is 17.2. The number of nitrogens with zero attached hydrogens (tertiary/aromatic N) is 2. The van der Waals surface area contributed by atoms with Gasteiger partial charge in [-0.05, 0) is 37.1 Å². The first-order valence-electron chi connectivity index (χ1n) is 6.92. The minimum Gasteiger partial charge on any atom is -0.327 e. The predicted molar refractivity (Wildman–Crippen MR) is 80.9 cm³/mol. The molecule has 1 aliphatic rings. The quantitative estimate of drug-likeness (QED) is 0.803. The van der Waals surface area contributed by atoms with Crippen LogP contribution in [0.3, 0.4) is 0 Å². The normalized spacial score (nSPS) is 21.4. The molecular formula is C14H17N5OS. The Morgan fingerprint density at radius 1 is 1.33 bits per heavy atom. The van der Waals surface area contributed by atoms with Crippen molar-refractivity contribution in [3.8, 4) is 0 Å². The first kappa shape index (κ1) is 14.1. The number of carbonyl (C=O) groups excluding carboxylic acids is 1. The Bertz CT molecular complexity index is 598. The van der Waals surface area contributed by atoms with Crippen LogP contribution in [0.1, 0.15) is 19.3 Å². The number of aromatic nitrogens is 3. The molecule has 4 N–H and O–H groups in total. The van der Waals surface area contributed by atoms with E-state index in [9.17, 15) is 4.79 Å². The van der Waals surface area contributed by atoms with Gasteiger partial charge in [0.1, 0.15) is 6.33 Å². The monoisotopic (exact) mass is 303 g/mol. The summed E-state index contributed by atoms with van der Waals surface area (Å²) < 4.78 is 0. The minimum atomic E-state index is -0.0618. The van der Waals surface area contributed by atoms with Crippen molar-refractivity contribution in [2.75, 3.05) is 5.32 Å². The molecule has 1 aromatic heterocycles. The fourth-order valence-corrected chi connectivity index (χ4v) is 3.20. The Balaban J connectivity index is 1.60. The van der Waals surface area contributed by atoms with Gasteiger partial charge in [-0.3, -0.25) is 9.89 Å². The van der Waals surface area contributed by atoms with Crippen LogP contribution in [-0.2, 0) is 4.79 Å². The number of amides is 1. The molecule has 0 radical (unpaired) electrons. The van der Waals surface area contributed by atoms with Crippen LogP contribution in [0.15, 0.2) is 40.6 Å². The molecule has 1 saturated carbocycles. The van der Waals surface area contributed by atoms with Gasteiger partial charge in [-0.25, -0.2) is 4.98 Å². The van der Waals surface area contributed by atoms with Gasteiger partial charge in [-0.15, -0.1) is 0 Å². The summed E-state index contributed by atoms with van der Waals surface area (Å²) >= 11 is 1.49. The van der Waals surface area contributed by atoms with Crippen molar-refractivity contribution in [1.29, 1.82) is 0 Å². The number of hydrogen-bond acceptors (Lipinski definition) is 5. The van der Waals surface area contributed by atoms with Crippen molar-refractivity contribution in [3.63, 3.8) is 0 Å². The average molecular weight is 303 g/mol. The lowest BCUT2D eigenvalue weighted by molar-refractivity contribution is -0.120. The molecular weight excluding hydrogens is 286 g/mol. The van der Waals surface area contributed by atoms with Gasteiger partial charge in [0.05, 0.1) is 5.92 Å². The van der Waals surface area contributed by atoms with E-state index in [1.807, 2.05) is 24.3 Å². The van der Waals surface area contributed by atoms with Crippen LogP contribution in [-0.4, -0.2) is 27.1 Å². The molecule has 110 valence electrons. The fraction of sp³-hybridized carbons (Fsp3) is 0.357. The van der Waals surface area contributed by atoms with Crippen molar-refractivity contribution >= 4 is 23.4 Å². The van der Waals surface area contributed by atoms with Crippen molar-refractivity contribution in [1.82, 2.24) is 15.2 Å². The van der Waals surface area contributed by atoms with E-state index in [2.05, 4.69) is 20.5 Å². The summed E-state index contributed by atoms with van der Waals surface area (Å²) in [6.45, 7) is 0. The molecule has 2 atom stereocenters. The number of hydrogen-bond donors (Lipinski definition) is 3. The lowest BCUT2D eigenvalue weighted by Crippen LogP contribution is -2.34. The van der Waals surface area contributed by atoms with E-state index in [-0.39, 0.29) is 17.9 Å². The van der Waals surface area contributed by atoms with Crippen molar-refractivity contribution in [3.05, 3.63) is 30.6 Å². The first-order chi connectivity index (χ1) is 10.2. The molecule has 0 bridgehead atoms. The van der Waals surface area contributed by atoms with Gasteiger partial charge in [-0.2, -0.15) is 5.10 Å². The number of benzene rings is 1. The van der Waals surface area contributed by atoms with Gasteiger partial charge in [0.2, 0.25) is 5.91 Å². The number of aromatic amines is 1. The van der Waals surface area contributed by atoms with E-state index < -0.39 is 0 Å². The second-order valence-electron chi connectivity index (χ2n) is 5.11. The zero-order valence-electron chi connectivity index (χ0n) is 11.5. The molecule has 0 spiro atoms. The second-order valence-corrected chi connectivity index (χ2v) is 6.17. The summed E-state index contributed by atoms with van der Waals surface area (Å²) in [5.41, 5.74) is 6.75. The zero-order chi connectivity index (χ0) is 14.7. The smallest absolute Gasteiger partial charge is 0.229 e. The summed E-state index contributed by atoms with van der Waals surface area (Å²) in [6, 6.07) is 7.65. The third-order valence-corrected chi connectivity index (χ3v) is 4.53. The van der Waals surface area contributed by atoms with Gasteiger partial charge < -0.3 is 11.1 Å². The van der Waals surface area contributed by atoms with Crippen molar-refractivity contribution in [2.24, 2.45) is 11.7 Å². The van der Waals surface area contributed by atoms with E-state index in [0.29, 0.717) is 0 Å². The minimum absolute atomic E-state index is 0.00807. The Hall–Kier alpha value is -1.86. The molecule has 7 heteroatoms. The van der Waals surface area contributed by atoms with Crippen LogP contribution in [0.25, 0.3) is 0 Å². The summed E-state index contributed by atoms with van der Waals surface area (Å²) in [7, 11) is 0. The highest BCUT2D eigenvalue weighted by molar-refractivity contribution is 7.99. The largest absolute Gasteiger partial charge is 0.327 e. The van der Waals surface area contributed by atoms with Crippen LogP contribution in [0.2, 0.25) is 0 Å². The van der Waals surface area contributed by atoms with Gasteiger partial charge in [0, 0.05) is 16.6 Å². The van der Waals surface area contributed by atoms with Crippen LogP contribution in [0, 0.1) is 5.92 Å². The van der Waals surface area contributed by atoms with Gasteiger partial charge in [0.25, 0.3) is 0 Å². The SMILES string of the molecule is NC1CCCC1C(=O)Nc1ccc(Sc2ncn[nH]2)cc1. The van der Waals surface area contributed by atoms with Crippen molar-refractivity contribution < 1.29 is 4.79 Å². The average Bonchev–Trinajstić information content (AvgIpc) is 3.12. The highest BCUT2D eigenvalue weighted by Gasteiger charge is 2.30. The lowest BCUT2D eigenvalue weighted by atomic mass is 10.0. The molecule has 1 fully saturated rings. The molecule has 0 saturated heterocycles. The van der Waals surface area contributed by atoms with Gasteiger partial charge in [0.15, 0.2) is 5.16 Å². The topological polar surface area (TPSA) is 96.7 Å². The molecule has 2 aromatic rings. The summed E-state index contributed by atoms with van der Waals surface area (Å²) in [5.74, 6) is -0.0381. The Morgan fingerprint density at radius 3 is 2.76 bits per heavy atom. The van der Waals surface area contributed by atoms with E-state index in [1.165, 1.54) is 18.1 Å². The van der Waals surface area contributed by atoms with Gasteiger partial charge in [-0.1, -0.05) is 18.2 Å². The maximum absolute atomic E-state index is 12.1. The van der Waals surface area contributed by atoms with Crippen LogP contribution in [0.4, 0.5) is 5.69 Å². The number of rotatable bonds is 4. The van der Waals surface area contributed by atoms with E-state index in [1.54, 1.807) is 0 Å². The molecule has 1 heterocycles. The van der Waals surface area contributed by atoms with Crippen LogP contribution < -0.4 is 11.1 Å². The Morgan fingerprint density at radius 2 is 2.14 bits per heavy atom. The predicted octanol–water partition coefficient (Wildman–Crippen LogP) is 2.02. The van der Waals surface area contributed by atoms with Crippen LogP contribution in [0.5, 0.6) is 0 Å². The molecule has 1 amide bonds. The van der Waals surface area contributed by atoms with E-state index in [0.717, 1.165) is 35.0 Å². The molecule has 0 aliphatic heterocycles. The van der Waals surface area contributed by atoms with Gasteiger partial charge >= 0.3 is 0 Å². The number of anilines is 1. The highest BCUT2D eigenvalue weighted by Crippen LogP contribution is 2.27. The highest BCUT2D eigenvalue weighted by atomic mass is 32.2. The van der Waals surface area contributed by atoms with Crippen LogP contribution >= 0.6 is 11.8 Å². The number of nitrogens with two attached hydrogens (primary N) is 1. The number of H-pyrrole nitrogens is 1. The van der Waals surface area contributed by atoms with E-state index >= 15 is 0 Å². The van der Waals surface area contributed by atoms with Crippen molar-refractivity contribution in [2.45, 2.75) is 35.4 Å². The third kappa shape index (κ3) is 3.43. The second kappa shape index (κ2) is 6.28. The molecule has 21 heavy (non-hydrogen) atoms. The summed E-state index contributed by atoms with van der Waals surface area (Å²) in [5, 5.41) is 10.3. The Labute approximate surface area is 126 Å². The fourth-order valence-electron chi connectivity index (χ4n) is 2.51.